The molecule has 2 aromatic carbocycles. The molecule has 0 saturated carbocycles. The van der Waals surface area contributed by atoms with Gasteiger partial charge in [-0.05, 0) is 53.2 Å². The van der Waals surface area contributed by atoms with E-state index in [-0.39, 0.29) is 23.4 Å². The van der Waals surface area contributed by atoms with E-state index in [1.54, 1.807) is 47.5 Å². The van der Waals surface area contributed by atoms with E-state index in [9.17, 15) is 14.4 Å². The summed E-state index contributed by atoms with van der Waals surface area (Å²) in [4.78, 5) is 38.7. The lowest BCUT2D eigenvalue weighted by Gasteiger charge is -2.12. The van der Waals surface area contributed by atoms with Crippen molar-refractivity contribution in [1.82, 2.24) is 14.0 Å². The number of benzene rings is 2. The van der Waals surface area contributed by atoms with Gasteiger partial charge in [-0.15, -0.1) is 0 Å². The molecule has 6 nitrogen and oxygen atoms in total. The molecule has 0 bridgehead atoms. The van der Waals surface area contributed by atoms with Crippen LogP contribution in [-0.4, -0.2) is 25.2 Å². The highest BCUT2D eigenvalue weighted by Gasteiger charge is 2.35. The van der Waals surface area contributed by atoms with Gasteiger partial charge in [0.2, 0.25) is 0 Å². The smallest absolute Gasteiger partial charge is 0.295 e. The fourth-order valence-electron chi connectivity index (χ4n) is 3.22. The molecule has 0 spiro atoms. The Hall–Kier alpha value is -2.48. The predicted octanol–water partition coefficient (Wildman–Crippen LogP) is 4.42. The number of carbonyl (C=O) groups excluding carboxylic acids is 2. The van der Waals surface area contributed by atoms with Crippen LogP contribution < -0.4 is 5.69 Å². The highest BCUT2D eigenvalue weighted by molar-refractivity contribution is 8.18. The first-order valence-corrected chi connectivity index (χ1v) is 10.2. The average molecular weight is 448 g/mol. The molecule has 0 radical (unpaired) electrons. The topological polar surface area (TPSA) is 64.3 Å². The molecular formula is C20H15Cl2N3O3S. The minimum atomic E-state index is -0.367. The van der Waals surface area contributed by atoms with Crippen molar-refractivity contribution in [1.29, 1.82) is 0 Å². The van der Waals surface area contributed by atoms with E-state index in [4.69, 9.17) is 23.2 Å². The number of amides is 2. The van der Waals surface area contributed by atoms with Crippen LogP contribution in [0.3, 0.4) is 0 Å². The summed E-state index contributed by atoms with van der Waals surface area (Å²) in [7, 11) is 3.40. The van der Waals surface area contributed by atoms with Gasteiger partial charge in [-0.3, -0.25) is 23.6 Å². The quantitative estimate of drug-likeness (QED) is 0.557. The fraction of sp³-hybridized carbons (Fsp3) is 0.150. The Labute approximate surface area is 180 Å². The van der Waals surface area contributed by atoms with Crippen LogP contribution in [-0.2, 0) is 25.4 Å². The molecular weight excluding hydrogens is 433 g/mol. The second kappa shape index (κ2) is 7.40. The van der Waals surface area contributed by atoms with Gasteiger partial charge in [0.05, 0.1) is 32.5 Å². The SMILES string of the molecule is Cn1c(=O)n(C)c2cc(/C=C3/SC(=O)N(Cc4ccc(Cl)c(Cl)c4)C3=O)ccc21. The van der Waals surface area contributed by atoms with Crippen molar-refractivity contribution < 1.29 is 9.59 Å². The molecule has 9 heteroatoms. The number of carbonyl (C=O) groups is 2. The molecule has 1 aliphatic rings. The number of rotatable bonds is 3. The molecule has 0 unspecified atom stereocenters. The maximum Gasteiger partial charge on any atom is 0.328 e. The van der Waals surface area contributed by atoms with Crippen LogP contribution in [0.25, 0.3) is 17.1 Å². The van der Waals surface area contributed by atoms with E-state index in [1.807, 2.05) is 18.2 Å². The van der Waals surface area contributed by atoms with Crippen LogP contribution in [0.4, 0.5) is 4.79 Å². The summed E-state index contributed by atoms with van der Waals surface area (Å²) >= 11 is 12.8. The number of nitrogens with zero attached hydrogens (tertiary/aromatic N) is 3. The second-order valence-corrected chi connectivity index (χ2v) is 8.47. The maximum absolute atomic E-state index is 12.8. The Morgan fingerprint density at radius 1 is 0.931 bits per heavy atom. The van der Waals surface area contributed by atoms with Gasteiger partial charge in [-0.25, -0.2) is 4.79 Å². The largest absolute Gasteiger partial charge is 0.328 e. The summed E-state index contributed by atoms with van der Waals surface area (Å²) in [6, 6.07) is 10.5. The number of aryl methyl sites for hydroxylation is 2. The van der Waals surface area contributed by atoms with Gasteiger partial charge in [0.1, 0.15) is 0 Å². The molecule has 4 rings (SSSR count). The summed E-state index contributed by atoms with van der Waals surface area (Å²) < 4.78 is 3.10. The van der Waals surface area contributed by atoms with Crippen LogP contribution in [0.5, 0.6) is 0 Å². The van der Waals surface area contributed by atoms with Gasteiger partial charge in [-0.1, -0.05) is 35.3 Å². The molecule has 148 valence electrons. The van der Waals surface area contributed by atoms with Gasteiger partial charge in [0.25, 0.3) is 11.1 Å². The Kier molecular flexibility index (Phi) is 5.06. The third-order valence-corrected chi connectivity index (χ3v) is 6.44. The first-order chi connectivity index (χ1) is 13.8. The summed E-state index contributed by atoms with van der Waals surface area (Å²) in [6.07, 6.45) is 1.66. The molecule has 0 N–H and O–H groups in total. The zero-order valence-corrected chi connectivity index (χ0v) is 17.8. The number of hydrogen-bond acceptors (Lipinski definition) is 4. The van der Waals surface area contributed by atoms with Gasteiger partial charge < -0.3 is 0 Å². The first-order valence-electron chi connectivity index (χ1n) is 8.61. The minimum absolute atomic E-state index is 0.116. The number of aromatic nitrogens is 2. The molecule has 3 aromatic rings. The average Bonchev–Trinajstić information content (AvgIpc) is 3.07. The van der Waals surface area contributed by atoms with Crippen molar-refractivity contribution in [3.05, 3.63) is 73.0 Å². The molecule has 0 atom stereocenters. The van der Waals surface area contributed by atoms with E-state index in [0.29, 0.717) is 20.5 Å². The third kappa shape index (κ3) is 3.50. The molecule has 29 heavy (non-hydrogen) atoms. The van der Waals surface area contributed by atoms with E-state index in [0.717, 1.165) is 28.4 Å². The van der Waals surface area contributed by atoms with Crippen molar-refractivity contribution >= 4 is 63.2 Å². The predicted molar refractivity (Wildman–Crippen MR) is 116 cm³/mol. The Bertz CT molecular complexity index is 1280. The van der Waals surface area contributed by atoms with Gasteiger partial charge >= 0.3 is 5.69 Å². The van der Waals surface area contributed by atoms with E-state index in [1.165, 1.54) is 4.90 Å². The standard InChI is InChI=1S/C20H15Cl2N3O3S/c1-23-15-6-4-11(8-16(15)24(2)19(23)27)9-17-18(26)25(20(28)29-17)10-12-3-5-13(21)14(22)7-12/h3-9H,10H2,1-2H3/b17-9+. The molecule has 1 fully saturated rings. The monoisotopic (exact) mass is 447 g/mol. The number of halogens is 2. The normalized spacial score (nSPS) is 15.9. The van der Waals surface area contributed by atoms with Crippen LogP contribution >= 0.6 is 35.0 Å². The van der Waals surface area contributed by atoms with Gasteiger partial charge in [-0.2, -0.15) is 0 Å². The third-order valence-electron chi connectivity index (χ3n) is 4.79. The molecule has 1 aliphatic heterocycles. The number of thioether (sulfide) groups is 1. The van der Waals surface area contributed by atoms with Crippen LogP contribution in [0.2, 0.25) is 10.0 Å². The number of imidazole rings is 1. The van der Waals surface area contributed by atoms with Gasteiger partial charge in [0.15, 0.2) is 0 Å². The van der Waals surface area contributed by atoms with Crippen molar-refractivity contribution in [3.63, 3.8) is 0 Å². The fourth-order valence-corrected chi connectivity index (χ4v) is 4.38. The van der Waals surface area contributed by atoms with Crippen LogP contribution in [0.15, 0.2) is 46.1 Å². The summed E-state index contributed by atoms with van der Waals surface area (Å²) in [5.41, 5.74) is 2.87. The Morgan fingerprint density at radius 3 is 2.38 bits per heavy atom. The molecule has 2 amide bonds. The number of fused-ring (bicyclic) bond motifs is 1. The molecule has 2 heterocycles. The minimum Gasteiger partial charge on any atom is -0.295 e. The number of imide groups is 1. The lowest BCUT2D eigenvalue weighted by atomic mass is 10.1. The highest BCUT2D eigenvalue weighted by atomic mass is 35.5. The maximum atomic E-state index is 12.8. The summed E-state index contributed by atoms with van der Waals surface area (Å²) in [6.45, 7) is 0.116. The second-order valence-electron chi connectivity index (χ2n) is 6.67. The first kappa shape index (κ1) is 19.8. The van der Waals surface area contributed by atoms with Crippen LogP contribution in [0, 0.1) is 0 Å². The van der Waals surface area contributed by atoms with Crippen molar-refractivity contribution in [2.45, 2.75) is 6.54 Å². The summed E-state index contributed by atoms with van der Waals surface area (Å²) in [5.74, 6) is -0.367. The van der Waals surface area contributed by atoms with E-state index in [2.05, 4.69) is 0 Å². The lowest BCUT2D eigenvalue weighted by molar-refractivity contribution is -0.123. The Morgan fingerprint density at radius 2 is 1.66 bits per heavy atom. The van der Waals surface area contributed by atoms with E-state index >= 15 is 0 Å². The summed E-state index contributed by atoms with van der Waals surface area (Å²) in [5, 5.41) is 0.434. The zero-order valence-electron chi connectivity index (χ0n) is 15.5. The number of hydrogen-bond donors (Lipinski definition) is 0. The molecule has 1 aromatic heterocycles. The zero-order chi connectivity index (χ0) is 20.9. The van der Waals surface area contributed by atoms with Crippen molar-refractivity contribution in [2.24, 2.45) is 14.1 Å². The van der Waals surface area contributed by atoms with Crippen LogP contribution in [0.1, 0.15) is 11.1 Å². The lowest BCUT2D eigenvalue weighted by Crippen LogP contribution is -2.27. The van der Waals surface area contributed by atoms with Crippen molar-refractivity contribution in [3.8, 4) is 0 Å². The molecule has 1 saturated heterocycles. The van der Waals surface area contributed by atoms with Gasteiger partial charge in [0, 0.05) is 14.1 Å². The Balaban J connectivity index is 1.63. The molecule has 0 aliphatic carbocycles. The highest BCUT2D eigenvalue weighted by Crippen LogP contribution is 2.34. The van der Waals surface area contributed by atoms with Crippen molar-refractivity contribution in [2.75, 3.05) is 0 Å². The van der Waals surface area contributed by atoms with E-state index < -0.39 is 0 Å².